The largest absolute Gasteiger partial charge is 0.480 e. The summed E-state index contributed by atoms with van der Waals surface area (Å²) < 4.78 is 19.3. The fraction of sp³-hybridized carbons (Fsp3) is 0.278. The van der Waals surface area contributed by atoms with E-state index in [4.69, 9.17) is 9.72 Å². The molecule has 0 unspecified atom stereocenters. The number of halogens is 1. The van der Waals surface area contributed by atoms with Crippen molar-refractivity contribution >= 4 is 32.7 Å². The predicted octanol–water partition coefficient (Wildman–Crippen LogP) is 4.10. The van der Waals surface area contributed by atoms with Crippen LogP contribution in [0.2, 0.25) is 0 Å². The van der Waals surface area contributed by atoms with Crippen LogP contribution in [0.25, 0.3) is 32.7 Å². The Morgan fingerprint density at radius 1 is 1.08 bits per heavy atom. The Morgan fingerprint density at radius 2 is 1.88 bits per heavy atom. The van der Waals surface area contributed by atoms with E-state index in [-0.39, 0.29) is 11.2 Å². The predicted molar refractivity (Wildman–Crippen MR) is 91.9 cm³/mol. The summed E-state index contributed by atoms with van der Waals surface area (Å²) in [5.41, 5.74) is 2.13. The maximum absolute atomic E-state index is 13.9. The van der Waals surface area contributed by atoms with Crippen LogP contribution in [0.3, 0.4) is 0 Å². The minimum Gasteiger partial charge on any atom is -0.480 e. The van der Waals surface area contributed by atoms with E-state index in [0.29, 0.717) is 22.2 Å². The second-order valence-corrected chi connectivity index (χ2v) is 6.86. The van der Waals surface area contributed by atoms with Crippen molar-refractivity contribution in [2.24, 2.45) is 0 Å². The van der Waals surface area contributed by atoms with Crippen LogP contribution in [0, 0.1) is 5.82 Å². The monoisotopic (exact) mass is 324 g/mol. The van der Waals surface area contributed by atoms with Crippen molar-refractivity contribution in [3.63, 3.8) is 0 Å². The van der Waals surface area contributed by atoms with Crippen LogP contribution >= 0.6 is 0 Å². The molecule has 4 aromatic rings. The standard InChI is InChI=1S/C18H17FN4O/c1-18(2,3)17-22-13-10-6-5-9(19)7-11(10)12-14(15(13)23-17)20-8-21-16(12)24-4/h5-8H,1-4H3,(H,22,23). The van der Waals surface area contributed by atoms with Crippen molar-refractivity contribution < 1.29 is 9.13 Å². The van der Waals surface area contributed by atoms with Gasteiger partial charge in [-0.1, -0.05) is 20.8 Å². The molecule has 2 heterocycles. The van der Waals surface area contributed by atoms with Crippen LogP contribution in [0.15, 0.2) is 24.5 Å². The highest BCUT2D eigenvalue weighted by molar-refractivity contribution is 6.23. The first-order chi connectivity index (χ1) is 11.4. The van der Waals surface area contributed by atoms with E-state index < -0.39 is 0 Å². The fourth-order valence-corrected chi connectivity index (χ4v) is 2.98. The first kappa shape index (κ1) is 14.8. The van der Waals surface area contributed by atoms with Crippen LogP contribution in [0.4, 0.5) is 4.39 Å². The van der Waals surface area contributed by atoms with Gasteiger partial charge in [-0.3, -0.25) is 0 Å². The molecule has 2 aromatic heterocycles. The van der Waals surface area contributed by atoms with E-state index in [0.717, 1.165) is 22.2 Å². The van der Waals surface area contributed by atoms with Gasteiger partial charge < -0.3 is 9.72 Å². The lowest BCUT2D eigenvalue weighted by Gasteiger charge is -2.13. The number of methoxy groups -OCH3 is 1. The van der Waals surface area contributed by atoms with Crippen molar-refractivity contribution in [2.75, 3.05) is 7.11 Å². The summed E-state index contributed by atoms with van der Waals surface area (Å²) in [5, 5.41) is 2.23. The number of aromatic amines is 1. The number of imidazole rings is 1. The third kappa shape index (κ3) is 2.02. The molecule has 4 rings (SSSR count). The average molecular weight is 324 g/mol. The van der Waals surface area contributed by atoms with E-state index in [2.05, 4.69) is 35.7 Å². The highest BCUT2D eigenvalue weighted by Crippen LogP contribution is 2.37. The molecule has 0 spiro atoms. The summed E-state index contributed by atoms with van der Waals surface area (Å²) >= 11 is 0. The number of rotatable bonds is 1. The number of ether oxygens (including phenoxy) is 1. The van der Waals surface area contributed by atoms with Gasteiger partial charge in [0.15, 0.2) is 0 Å². The number of nitrogens with zero attached hydrogens (tertiary/aromatic N) is 3. The molecular formula is C18H17FN4O. The number of benzene rings is 2. The summed E-state index contributed by atoms with van der Waals surface area (Å²) in [6.45, 7) is 6.26. The van der Waals surface area contributed by atoms with Gasteiger partial charge in [0.1, 0.15) is 23.5 Å². The minimum atomic E-state index is -0.319. The molecular weight excluding hydrogens is 307 g/mol. The molecule has 2 aromatic carbocycles. The van der Waals surface area contributed by atoms with Gasteiger partial charge in [0, 0.05) is 16.2 Å². The number of nitrogens with one attached hydrogen (secondary N) is 1. The summed E-state index contributed by atoms with van der Waals surface area (Å²) in [5.74, 6) is 0.957. The molecule has 0 fully saturated rings. The Bertz CT molecular complexity index is 1100. The molecule has 0 aliphatic rings. The first-order valence-electron chi connectivity index (χ1n) is 7.70. The molecule has 1 N–H and O–H groups in total. The van der Waals surface area contributed by atoms with Crippen molar-refractivity contribution in [2.45, 2.75) is 26.2 Å². The van der Waals surface area contributed by atoms with Crippen LogP contribution in [0.1, 0.15) is 26.6 Å². The summed E-state index contributed by atoms with van der Waals surface area (Å²) in [6.07, 6.45) is 1.45. The smallest absolute Gasteiger partial charge is 0.224 e. The Balaban J connectivity index is 2.30. The van der Waals surface area contributed by atoms with Crippen molar-refractivity contribution in [3.8, 4) is 5.88 Å². The maximum Gasteiger partial charge on any atom is 0.224 e. The van der Waals surface area contributed by atoms with E-state index in [9.17, 15) is 4.39 Å². The highest BCUT2D eigenvalue weighted by atomic mass is 19.1. The van der Waals surface area contributed by atoms with Gasteiger partial charge in [0.2, 0.25) is 5.88 Å². The van der Waals surface area contributed by atoms with Crippen molar-refractivity contribution in [1.82, 2.24) is 19.9 Å². The molecule has 0 amide bonds. The third-order valence-electron chi connectivity index (χ3n) is 4.16. The van der Waals surface area contributed by atoms with E-state index in [1.165, 1.54) is 18.5 Å². The van der Waals surface area contributed by atoms with Gasteiger partial charge in [0.05, 0.1) is 23.5 Å². The van der Waals surface area contributed by atoms with Crippen LogP contribution < -0.4 is 4.74 Å². The summed E-state index contributed by atoms with van der Waals surface area (Å²) in [7, 11) is 1.55. The number of H-pyrrole nitrogens is 1. The highest BCUT2D eigenvalue weighted by Gasteiger charge is 2.22. The molecule has 24 heavy (non-hydrogen) atoms. The molecule has 5 nitrogen and oxygen atoms in total. The lowest BCUT2D eigenvalue weighted by molar-refractivity contribution is 0.403. The van der Waals surface area contributed by atoms with E-state index in [1.807, 2.05) is 0 Å². The van der Waals surface area contributed by atoms with Gasteiger partial charge in [0.25, 0.3) is 0 Å². The average Bonchev–Trinajstić information content (AvgIpc) is 3.00. The fourth-order valence-electron chi connectivity index (χ4n) is 2.98. The Hall–Kier alpha value is -2.76. The lowest BCUT2D eigenvalue weighted by atomic mass is 9.96. The lowest BCUT2D eigenvalue weighted by Crippen LogP contribution is -2.12. The topological polar surface area (TPSA) is 63.7 Å². The molecule has 0 bridgehead atoms. The quantitative estimate of drug-likeness (QED) is 0.535. The normalized spacial score (nSPS) is 12.4. The van der Waals surface area contributed by atoms with Crippen LogP contribution in [0.5, 0.6) is 5.88 Å². The summed E-state index contributed by atoms with van der Waals surface area (Å²) in [6, 6.07) is 4.66. The second kappa shape index (κ2) is 4.87. The third-order valence-corrected chi connectivity index (χ3v) is 4.16. The Kier molecular flexibility index (Phi) is 3.00. The van der Waals surface area contributed by atoms with Crippen molar-refractivity contribution in [1.29, 1.82) is 0 Å². The second-order valence-electron chi connectivity index (χ2n) is 6.86. The zero-order valence-corrected chi connectivity index (χ0v) is 13.9. The van der Waals surface area contributed by atoms with E-state index >= 15 is 0 Å². The maximum atomic E-state index is 13.9. The molecule has 0 atom stereocenters. The minimum absolute atomic E-state index is 0.144. The Labute approximate surface area is 137 Å². The molecule has 0 saturated heterocycles. The van der Waals surface area contributed by atoms with Gasteiger partial charge in [-0.05, 0) is 18.2 Å². The van der Waals surface area contributed by atoms with Gasteiger partial charge in [-0.2, -0.15) is 0 Å². The number of fused-ring (bicyclic) bond motifs is 6. The van der Waals surface area contributed by atoms with E-state index in [1.54, 1.807) is 13.2 Å². The van der Waals surface area contributed by atoms with Crippen LogP contribution in [-0.4, -0.2) is 27.0 Å². The summed E-state index contributed by atoms with van der Waals surface area (Å²) in [4.78, 5) is 16.7. The molecule has 0 radical (unpaired) electrons. The zero-order valence-electron chi connectivity index (χ0n) is 13.9. The number of aromatic nitrogens is 4. The Morgan fingerprint density at radius 3 is 2.58 bits per heavy atom. The molecule has 6 heteroatoms. The number of hydrogen-bond donors (Lipinski definition) is 1. The molecule has 0 aliphatic heterocycles. The number of hydrogen-bond acceptors (Lipinski definition) is 4. The molecule has 0 saturated carbocycles. The SMILES string of the molecule is COc1ncnc2c3[nH]c(C(C)(C)C)nc3c3ccc(F)cc3c12. The first-order valence-corrected chi connectivity index (χ1v) is 7.70. The molecule has 122 valence electrons. The van der Waals surface area contributed by atoms with Crippen molar-refractivity contribution in [3.05, 3.63) is 36.2 Å². The van der Waals surface area contributed by atoms with Gasteiger partial charge >= 0.3 is 0 Å². The zero-order chi connectivity index (χ0) is 17.1. The van der Waals surface area contributed by atoms with Crippen LogP contribution in [-0.2, 0) is 5.41 Å². The van der Waals surface area contributed by atoms with Gasteiger partial charge in [-0.15, -0.1) is 0 Å². The van der Waals surface area contributed by atoms with Gasteiger partial charge in [-0.25, -0.2) is 19.3 Å². The molecule has 0 aliphatic carbocycles.